The Labute approximate surface area is 174 Å². The monoisotopic (exact) mass is 409 g/mol. The summed E-state index contributed by atoms with van der Waals surface area (Å²) in [6.45, 7) is 4.63. The number of rotatable bonds is 7. The summed E-state index contributed by atoms with van der Waals surface area (Å²) in [7, 11) is 0. The summed E-state index contributed by atoms with van der Waals surface area (Å²) < 4.78 is 25.0. The van der Waals surface area contributed by atoms with Gasteiger partial charge in [-0.1, -0.05) is 43.2 Å². The van der Waals surface area contributed by atoms with Gasteiger partial charge >= 0.3 is 6.01 Å². The average molecular weight is 409 g/mol. The number of aliphatic hydroxyl groups is 1. The van der Waals surface area contributed by atoms with Crippen molar-refractivity contribution >= 4 is 11.6 Å². The van der Waals surface area contributed by atoms with Crippen LogP contribution in [0.4, 0.5) is 10.4 Å². The first-order valence-electron chi connectivity index (χ1n) is 10.0. The third-order valence-electron chi connectivity index (χ3n) is 5.43. The highest BCUT2D eigenvalue weighted by Gasteiger charge is 2.31. The van der Waals surface area contributed by atoms with Crippen molar-refractivity contribution in [3.8, 4) is 5.75 Å². The van der Waals surface area contributed by atoms with Crippen molar-refractivity contribution in [1.82, 2.24) is 10.2 Å². The van der Waals surface area contributed by atoms with Gasteiger partial charge in [0, 0.05) is 12.1 Å². The highest BCUT2D eigenvalue weighted by molar-refractivity contribution is 5.84. The molecule has 3 aromatic rings. The van der Waals surface area contributed by atoms with E-state index in [0.717, 1.165) is 28.0 Å². The van der Waals surface area contributed by atoms with Crippen molar-refractivity contribution in [2.24, 2.45) is 0 Å². The number of hydrogen-bond donors (Lipinski definition) is 2. The van der Waals surface area contributed by atoms with E-state index in [1.807, 2.05) is 44.2 Å². The second-order valence-corrected chi connectivity index (χ2v) is 7.27. The molecule has 1 aliphatic heterocycles. The molecule has 7 heteroatoms. The number of anilines is 1. The number of halogens is 1. The molecule has 0 atom stereocenters. The van der Waals surface area contributed by atoms with Crippen LogP contribution in [0.3, 0.4) is 0 Å². The molecule has 0 amide bonds. The van der Waals surface area contributed by atoms with E-state index in [1.165, 1.54) is 12.1 Å². The van der Waals surface area contributed by atoms with Gasteiger partial charge < -0.3 is 19.6 Å². The van der Waals surface area contributed by atoms with Crippen LogP contribution in [0.15, 0.2) is 53.0 Å². The Hall–Kier alpha value is -3.19. The molecule has 156 valence electrons. The van der Waals surface area contributed by atoms with Gasteiger partial charge in [-0.05, 0) is 53.8 Å². The molecule has 1 aromatic heterocycles. The zero-order chi connectivity index (χ0) is 21.1. The molecule has 0 radical (unpaired) electrons. The molecule has 1 aliphatic rings. The topological polar surface area (TPSA) is 80.4 Å². The minimum absolute atomic E-state index is 0.216. The van der Waals surface area contributed by atoms with Gasteiger partial charge in [-0.3, -0.25) is 0 Å². The number of hydrogen-bond acceptors (Lipinski definition) is 6. The average Bonchev–Trinajstić information content (AvgIpc) is 3.26. The first kappa shape index (κ1) is 20.1. The van der Waals surface area contributed by atoms with E-state index in [2.05, 4.69) is 15.5 Å². The summed E-state index contributed by atoms with van der Waals surface area (Å²) in [6, 6.07) is 12.7. The zero-order valence-corrected chi connectivity index (χ0v) is 17.0. The van der Waals surface area contributed by atoms with Crippen LogP contribution in [-0.4, -0.2) is 21.9 Å². The molecule has 0 fully saturated rings. The SMILES string of the molecule is CCC(O)(CC)c1nnc(NCc2ccc3c(c2)OCC=C3c2cccc(F)c2)o1. The van der Waals surface area contributed by atoms with Crippen LogP contribution in [0.5, 0.6) is 5.75 Å². The van der Waals surface area contributed by atoms with Gasteiger partial charge in [-0.25, -0.2) is 4.39 Å². The molecule has 30 heavy (non-hydrogen) atoms. The molecular formula is C23H24FN3O3. The Morgan fingerprint density at radius 2 is 1.97 bits per heavy atom. The van der Waals surface area contributed by atoms with Crippen molar-refractivity contribution in [1.29, 1.82) is 0 Å². The summed E-state index contributed by atoms with van der Waals surface area (Å²) in [6.07, 6.45) is 2.94. The van der Waals surface area contributed by atoms with Gasteiger partial charge in [0.05, 0.1) is 0 Å². The molecular weight excluding hydrogens is 385 g/mol. The normalized spacial score (nSPS) is 13.4. The lowest BCUT2D eigenvalue weighted by molar-refractivity contribution is 0.00206. The van der Waals surface area contributed by atoms with Gasteiger partial charge in [-0.15, -0.1) is 5.10 Å². The summed E-state index contributed by atoms with van der Waals surface area (Å²) in [5, 5.41) is 21.5. The standard InChI is InChI=1S/C23H24FN3O3/c1-3-23(28,4-2)21-26-27-22(30-21)25-14-15-8-9-19-18(10-11-29-20(19)12-15)16-6-5-7-17(24)13-16/h5-10,12-13,28H,3-4,11,14H2,1-2H3,(H,25,27). The maximum atomic E-state index is 13.6. The van der Waals surface area contributed by atoms with Gasteiger partial charge in [0.25, 0.3) is 0 Å². The largest absolute Gasteiger partial charge is 0.489 e. The van der Waals surface area contributed by atoms with Crippen LogP contribution in [0.2, 0.25) is 0 Å². The van der Waals surface area contributed by atoms with Gasteiger partial charge in [0.2, 0.25) is 5.89 Å². The van der Waals surface area contributed by atoms with Gasteiger partial charge in [-0.2, -0.15) is 0 Å². The Morgan fingerprint density at radius 3 is 2.73 bits per heavy atom. The van der Waals surface area contributed by atoms with Crippen molar-refractivity contribution in [2.45, 2.75) is 38.8 Å². The van der Waals surface area contributed by atoms with E-state index in [0.29, 0.717) is 26.0 Å². The fourth-order valence-electron chi connectivity index (χ4n) is 3.49. The summed E-state index contributed by atoms with van der Waals surface area (Å²) >= 11 is 0. The van der Waals surface area contributed by atoms with Crippen molar-refractivity contribution in [3.63, 3.8) is 0 Å². The van der Waals surface area contributed by atoms with Crippen molar-refractivity contribution < 1.29 is 18.7 Å². The lowest BCUT2D eigenvalue weighted by Gasteiger charge is -2.20. The zero-order valence-electron chi connectivity index (χ0n) is 17.0. The predicted octanol–water partition coefficient (Wildman–Crippen LogP) is 4.65. The molecule has 4 rings (SSSR count). The maximum Gasteiger partial charge on any atom is 0.315 e. The van der Waals surface area contributed by atoms with Crippen LogP contribution >= 0.6 is 0 Å². The van der Waals surface area contributed by atoms with Gasteiger partial charge in [0.15, 0.2) is 0 Å². The smallest absolute Gasteiger partial charge is 0.315 e. The van der Waals surface area contributed by atoms with E-state index in [1.54, 1.807) is 6.07 Å². The summed E-state index contributed by atoms with van der Waals surface area (Å²) in [5.74, 6) is 0.696. The van der Waals surface area contributed by atoms with E-state index in [9.17, 15) is 9.50 Å². The predicted molar refractivity (Wildman–Crippen MR) is 112 cm³/mol. The molecule has 0 unspecified atom stereocenters. The van der Waals surface area contributed by atoms with Crippen LogP contribution in [-0.2, 0) is 12.1 Å². The first-order valence-corrected chi connectivity index (χ1v) is 10.0. The number of fused-ring (bicyclic) bond motifs is 1. The van der Waals surface area contributed by atoms with Crippen LogP contribution in [0.25, 0.3) is 5.57 Å². The van der Waals surface area contributed by atoms with Crippen LogP contribution in [0.1, 0.15) is 49.3 Å². The molecule has 2 N–H and O–H groups in total. The lowest BCUT2D eigenvalue weighted by atomic mass is 9.94. The Bertz CT molecular complexity index is 1070. The second-order valence-electron chi connectivity index (χ2n) is 7.27. The van der Waals surface area contributed by atoms with E-state index in [4.69, 9.17) is 9.15 Å². The number of nitrogens with zero attached hydrogens (tertiary/aromatic N) is 2. The fraction of sp³-hybridized carbons (Fsp3) is 0.304. The van der Waals surface area contributed by atoms with E-state index in [-0.39, 0.29) is 17.7 Å². The minimum atomic E-state index is -1.10. The summed E-state index contributed by atoms with van der Waals surface area (Å²) in [4.78, 5) is 0. The second kappa shape index (κ2) is 8.28. The first-order chi connectivity index (χ1) is 14.5. The molecule has 0 spiro atoms. The van der Waals surface area contributed by atoms with Crippen molar-refractivity contribution in [2.75, 3.05) is 11.9 Å². The lowest BCUT2D eigenvalue weighted by Crippen LogP contribution is -2.23. The molecule has 0 saturated carbocycles. The van der Waals surface area contributed by atoms with E-state index < -0.39 is 5.60 Å². The van der Waals surface area contributed by atoms with Crippen LogP contribution < -0.4 is 10.1 Å². The highest BCUT2D eigenvalue weighted by Crippen LogP contribution is 2.35. The Balaban J connectivity index is 1.49. The summed E-state index contributed by atoms with van der Waals surface area (Å²) in [5.41, 5.74) is 2.56. The molecule has 6 nitrogen and oxygen atoms in total. The minimum Gasteiger partial charge on any atom is -0.489 e. The number of ether oxygens (including phenoxy) is 1. The fourth-order valence-corrected chi connectivity index (χ4v) is 3.49. The Kier molecular flexibility index (Phi) is 5.55. The van der Waals surface area contributed by atoms with Crippen LogP contribution in [0, 0.1) is 5.82 Å². The molecule has 0 bridgehead atoms. The third kappa shape index (κ3) is 3.93. The van der Waals surface area contributed by atoms with Gasteiger partial charge in [0.1, 0.15) is 23.8 Å². The third-order valence-corrected chi connectivity index (χ3v) is 5.43. The Morgan fingerprint density at radius 1 is 1.13 bits per heavy atom. The molecule has 2 aromatic carbocycles. The molecule has 0 saturated heterocycles. The van der Waals surface area contributed by atoms with E-state index >= 15 is 0 Å². The highest BCUT2D eigenvalue weighted by atomic mass is 19.1. The number of aromatic nitrogens is 2. The quantitative estimate of drug-likeness (QED) is 0.591. The molecule has 0 aliphatic carbocycles. The molecule has 2 heterocycles. The number of nitrogens with one attached hydrogen (secondary N) is 1. The maximum absolute atomic E-state index is 13.6. The number of benzene rings is 2. The van der Waals surface area contributed by atoms with Crippen molar-refractivity contribution in [3.05, 3.63) is 76.9 Å².